The van der Waals surface area contributed by atoms with E-state index in [1.165, 1.54) is 12.1 Å². The lowest BCUT2D eigenvalue weighted by Crippen LogP contribution is -2.37. The van der Waals surface area contributed by atoms with Gasteiger partial charge in [0.15, 0.2) is 12.7 Å². The average Bonchev–Trinajstić information content (AvgIpc) is 2.05. The quantitative estimate of drug-likeness (QED) is 0.470. The molecule has 0 fully saturated rings. The summed E-state index contributed by atoms with van der Waals surface area (Å²) in [6.07, 6.45) is 7.68. The molecule has 2 heterocycles. The highest BCUT2D eigenvalue weighted by molar-refractivity contribution is 5.41. The normalized spacial score (nSPS) is 14.8. The van der Waals surface area contributed by atoms with Crippen LogP contribution in [-0.4, -0.2) is 0 Å². The van der Waals surface area contributed by atoms with Crippen LogP contribution >= 0.6 is 0 Å². The maximum Gasteiger partial charge on any atom is 0.204 e. The topological polar surface area (TPSA) is 3.88 Å². The number of aromatic nitrogens is 1. The van der Waals surface area contributed by atoms with Crippen molar-refractivity contribution in [3.63, 3.8) is 0 Å². The van der Waals surface area contributed by atoms with E-state index in [0.717, 1.165) is 6.54 Å². The molecule has 10 heavy (non-hydrogen) atoms. The van der Waals surface area contributed by atoms with Crippen LogP contribution in [0.5, 0.6) is 0 Å². The molecule has 0 radical (unpaired) electrons. The van der Waals surface area contributed by atoms with Gasteiger partial charge in [-0.15, -0.1) is 0 Å². The van der Waals surface area contributed by atoms with Crippen LogP contribution in [-0.2, 0) is 6.54 Å². The first-order chi connectivity index (χ1) is 4.97. The predicted octanol–water partition coefficient (Wildman–Crippen LogP) is 1.39. The molecule has 0 saturated carbocycles. The SMILES string of the molecule is C1=Cc2cccc[n+]2CC1. The number of aryl methyl sites for hydroxylation is 1. The highest BCUT2D eigenvalue weighted by atomic mass is 15.0. The van der Waals surface area contributed by atoms with Gasteiger partial charge in [0.2, 0.25) is 5.69 Å². The van der Waals surface area contributed by atoms with Crippen LogP contribution in [0.25, 0.3) is 6.08 Å². The van der Waals surface area contributed by atoms with E-state index in [-0.39, 0.29) is 0 Å². The van der Waals surface area contributed by atoms with Crippen molar-refractivity contribution >= 4 is 6.08 Å². The Labute approximate surface area is 60.6 Å². The molecule has 1 aliphatic rings. The van der Waals surface area contributed by atoms with Crippen LogP contribution in [0.3, 0.4) is 0 Å². The number of fused-ring (bicyclic) bond motifs is 1. The number of nitrogens with zero attached hydrogens (tertiary/aromatic N) is 1. The van der Waals surface area contributed by atoms with E-state index in [1.54, 1.807) is 0 Å². The van der Waals surface area contributed by atoms with E-state index in [4.69, 9.17) is 0 Å². The Morgan fingerprint density at radius 3 is 3.20 bits per heavy atom. The van der Waals surface area contributed by atoms with E-state index in [0.29, 0.717) is 0 Å². The lowest BCUT2D eigenvalue weighted by molar-refractivity contribution is -0.699. The van der Waals surface area contributed by atoms with Crippen LogP contribution in [0, 0.1) is 0 Å². The largest absolute Gasteiger partial charge is 0.204 e. The third kappa shape index (κ3) is 0.838. The van der Waals surface area contributed by atoms with Gasteiger partial charge in [-0.2, -0.15) is 4.57 Å². The second kappa shape index (κ2) is 2.25. The maximum absolute atomic E-state index is 2.26. The zero-order chi connectivity index (χ0) is 6.81. The summed E-state index contributed by atoms with van der Waals surface area (Å²) < 4.78 is 2.26. The predicted molar refractivity (Wildman–Crippen MR) is 40.3 cm³/mol. The summed E-state index contributed by atoms with van der Waals surface area (Å²) in [5.74, 6) is 0. The van der Waals surface area contributed by atoms with Crippen molar-refractivity contribution in [2.45, 2.75) is 13.0 Å². The van der Waals surface area contributed by atoms with E-state index in [9.17, 15) is 0 Å². The Bertz CT molecular complexity index is 263. The molecule has 0 amide bonds. The number of rotatable bonds is 0. The monoisotopic (exact) mass is 132 g/mol. The molecular weight excluding hydrogens is 122 g/mol. The summed E-state index contributed by atoms with van der Waals surface area (Å²) in [5.41, 5.74) is 1.31. The summed E-state index contributed by atoms with van der Waals surface area (Å²) in [6, 6.07) is 6.28. The molecular formula is C9H10N+. The number of hydrogen-bond donors (Lipinski definition) is 0. The van der Waals surface area contributed by atoms with E-state index in [1.807, 2.05) is 0 Å². The molecule has 0 saturated heterocycles. The second-order valence-electron chi connectivity index (χ2n) is 2.51. The highest BCUT2D eigenvalue weighted by Gasteiger charge is 2.07. The highest BCUT2D eigenvalue weighted by Crippen LogP contribution is 2.01. The summed E-state index contributed by atoms with van der Waals surface area (Å²) >= 11 is 0. The fraction of sp³-hybridized carbons (Fsp3) is 0.222. The molecule has 0 spiro atoms. The van der Waals surface area contributed by atoms with Crippen LogP contribution in [0.4, 0.5) is 0 Å². The van der Waals surface area contributed by atoms with Gasteiger partial charge in [0, 0.05) is 24.6 Å². The average molecular weight is 132 g/mol. The molecule has 0 atom stereocenters. The first kappa shape index (κ1) is 5.66. The Kier molecular flexibility index (Phi) is 1.28. The number of hydrogen-bond acceptors (Lipinski definition) is 0. The van der Waals surface area contributed by atoms with Crippen LogP contribution in [0.2, 0.25) is 0 Å². The third-order valence-electron chi connectivity index (χ3n) is 1.80. The van der Waals surface area contributed by atoms with Gasteiger partial charge in [0.25, 0.3) is 0 Å². The lowest BCUT2D eigenvalue weighted by Gasteiger charge is -2.01. The molecule has 2 rings (SSSR count). The standard InChI is InChI=1S/C9H10N/c1-3-7-10-8-4-2-6-9(10)5-1/h1-3,5-7H,4,8H2/q+1. The first-order valence-corrected chi connectivity index (χ1v) is 3.62. The molecule has 1 heteroatoms. The fourth-order valence-electron chi connectivity index (χ4n) is 1.26. The summed E-state index contributed by atoms with van der Waals surface area (Å²) in [6.45, 7) is 1.13. The van der Waals surface area contributed by atoms with E-state index >= 15 is 0 Å². The molecule has 1 aliphatic heterocycles. The van der Waals surface area contributed by atoms with Crippen LogP contribution in [0.1, 0.15) is 12.1 Å². The first-order valence-electron chi connectivity index (χ1n) is 3.62. The summed E-state index contributed by atoms with van der Waals surface area (Å²) in [7, 11) is 0. The zero-order valence-electron chi connectivity index (χ0n) is 5.83. The minimum atomic E-state index is 1.13. The minimum Gasteiger partial charge on any atom is -0.199 e. The molecule has 0 unspecified atom stereocenters. The second-order valence-corrected chi connectivity index (χ2v) is 2.51. The van der Waals surface area contributed by atoms with Crippen molar-refractivity contribution in [1.29, 1.82) is 0 Å². The molecule has 0 N–H and O–H groups in total. The van der Waals surface area contributed by atoms with Crippen molar-refractivity contribution in [3.05, 3.63) is 36.2 Å². The van der Waals surface area contributed by atoms with Crippen molar-refractivity contribution in [1.82, 2.24) is 0 Å². The van der Waals surface area contributed by atoms with Crippen LogP contribution in [0.15, 0.2) is 30.5 Å². The third-order valence-corrected chi connectivity index (χ3v) is 1.80. The maximum atomic E-state index is 2.26. The van der Waals surface area contributed by atoms with Gasteiger partial charge in [-0.3, -0.25) is 0 Å². The molecule has 0 aliphatic carbocycles. The Hall–Kier alpha value is -1.11. The Morgan fingerprint density at radius 1 is 1.30 bits per heavy atom. The van der Waals surface area contributed by atoms with Crippen molar-refractivity contribution in [2.75, 3.05) is 0 Å². The zero-order valence-corrected chi connectivity index (χ0v) is 5.83. The summed E-state index contributed by atoms with van der Waals surface area (Å²) in [5, 5.41) is 0. The van der Waals surface area contributed by atoms with Crippen LogP contribution < -0.4 is 4.57 Å². The Balaban J connectivity index is 2.54. The van der Waals surface area contributed by atoms with Crippen molar-refractivity contribution in [2.24, 2.45) is 0 Å². The van der Waals surface area contributed by atoms with Gasteiger partial charge >= 0.3 is 0 Å². The molecule has 0 bridgehead atoms. The molecule has 1 nitrogen and oxygen atoms in total. The van der Waals surface area contributed by atoms with Gasteiger partial charge < -0.3 is 0 Å². The van der Waals surface area contributed by atoms with Gasteiger partial charge in [-0.1, -0.05) is 6.08 Å². The summed E-state index contributed by atoms with van der Waals surface area (Å²) in [4.78, 5) is 0. The smallest absolute Gasteiger partial charge is 0.199 e. The Morgan fingerprint density at radius 2 is 2.30 bits per heavy atom. The van der Waals surface area contributed by atoms with Crippen molar-refractivity contribution < 1.29 is 4.57 Å². The molecule has 1 aromatic heterocycles. The van der Waals surface area contributed by atoms with E-state index < -0.39 is 0 Å². The van der Waals surface area contributed by atoms with Gasteiger partial charge in [0.1, 0.15) is 0 Å². The minimum absolute atomic E-state index is 1.13. The van der Waals surface area contributed by atoms with Gasteiger partial charge in [-0.05, 0) is 6.07 Å². The van der Waals surface area contributed by atoms with E-state index in [2.05, 4.69) is 41.1 Å². The number of pyridine rings is 1. The molecule has 1 aromatic rings. The number of allylic oxidation sites excluding steroid dienone is 1. The fourth-order valence-corrected chi connectivity index (χ4v) is 1.26. The van der Waals surface area contributed by atoms with Gasteiger partial charge in [0.05, 0.1) is 0 Å². The van der Waals surface area contributed by atoms with Crippen molar-refractivity contribution in [3.8, 4) is 0 Å². The van der Waals surface area contributed by atoms with Gasteiger partial charge in [-0.25, -0.2) is 0 Å². The molecule has 0 aromatic carbocycles. The molecule has 50 valence electrons. The lowest BCUT2D eigenvalue weighted by atomic mass is 10.2.